The number of rotatable bonds is 5. The predicted octanol–water partition coefficient (Wildman–Crippen LogP) is 5.29. The maximum Gasteiger partial charge on any atom is 0.0206 e. The Morgan fingerprint density at radius 1 is 0.957 bits per heavy atom. The second-order valence-corrected chi connectivity index (χ2v) is 7.12. The van der Waals surface area contributed by atoms with Crippen LogP contribution in [-0.4, -0.2) is 6.04 Å². The average molecular weight is 307 g/mol. The molecule has 1 aliphatic rings. The third kappa shape index (κ3) is 3.35. The summed E-state index contributed by atoms with van der Waals surface area (Å²) in [6.07, 6.45) is 7.27. The van der Waals surface area contributed by atoms with Gasteiger partial charge in [-0.05, 0) is 42.7 Å². The molecule has 23 heavy (non-hydrogen) atoms. The molecule has 1 saturated carbocycles. The molecule has 0 amide bonds. The standard InChI is InChI=1S/C22H29N/c1-2-3-10-18-17-22(16-15-21(18)23,19-11-6-4-7-12-19)20-13-8-5-9-14-20/h4-9,11-14,18,21H,2-3,10,15-17,23H2,1H3. The third-order valence-electron chi connectivity index (χ3n) is 5.70. The van der Waals surface area contributed by atoms with Crippen LogP contribution in [0.5, 0.6) is 0 Å². The van der Waals surface area contributed by atoms with Crippen LogP contribution in [0.1, 0.15) is 56.6 Å². The Morgan fingerprint density at radius 2 is 1.52 bits per heavy atom. The Balaban J connectivity index is 1.99. The summed E-state index contributed by atoms with van der Waals surface area (Å²) in [6.45, 7) is 2.27. The van der Waals surface area contributed by atoms with Gasteiger partial charge in [0.25, 0.3) is 0 Å². The van der Waals surface area contributed by atoms with Crippen molar-refractivity contribution in [3.05, 3.63) is 71.8 Å². The topological polar surface area (TPSA) is 26.0 Å². The summed E-state index contributed by atoms with van der Waals surface area (Å²) in [4.78, 5) is 0. The van der Waals surface area contributed by atoms with Crippen molar-refractivity contribution >= 4 is 0 Å². The van der Waals surface area contributed by atoms with Gasteiger partial charge in [-0.1, -0.05) is 80.4 Å². The fourth-order valence-electron chi connectivity index (χ4n) is 4.34. The Morgan fingerprint density at radius 3 is 2.04 bits per heavy atom. The summed E-state index contributed by atoms with van der Waals surface area (Å²) in [6, 6.07) is 22.5. The van der Waals surface area contributed by atoms with Gasteiger partial charge in [0.15, 0.2) is 0 Å². The Labute approximate surface area is 140 Å². The highest BCUT2D eigenvalue weighted by atomic mass is 14.7. The van der Waals surface area contributed by atoms with E-state index in [9.17, 15) is 0 Å². The van der Waals surface area contributed by atoms with E-state index in [1.807, 2.05) is 0 Å². The predicted molar refractivity (Wildman–Crippen MR) is 98.5 cm³/mol. The summed E-state index contributed by atoms with van der Waals surface area (Å²) < 4.78 is 0. The molecule has 1 aliphatic carbocycles. The van der Waals surface area contributed by atoms with E-state index in [1.165, 1.54) is 36.8 Å². The van der Waals surface area contributed by atoms with Crippen LogP contribution in [0.4, 0.5) is 0 Å². The lowest BCUT2D eigenvalue weighted by molar-refractivity contribution is 0.211. The maximum absolute atomic E-state index is 6.50. The molecule has 2 unspecified atom stereocenters. The van der Waals surface area contributed by atoms with Crippen LogP contribution in [-0.2, 0) is 5.41 Å². The van der Waals surface area contributed by atoms with Gasteiger partial charge in [0, 0.05) is 11.5 Å². The zero-order valence-corrected chi connectivity index (χ0v) is 14.2. The molecule has 2 atom stereocenters. The zero-order chi connectivity index (χ0) is 16.1. The number of nitrogens with two attached hydrogens (primary N) is 1. The minimum Gasteiger partial charge on any atom is -0.327 e. The van der Waals surface area contributed by atoms with Crippen molar-refractivity contribution in [1.29, 1.82) is 0 Å². The van der Waals surface area contributed by atoms with Crippen LogP contribution < -0.4 is 5.73 Å². The fraction of sp³-hybridized carbons (Fsp3) is 0.455. The normalized spacial score (nSPS) is 23.6. The molecule has 1 fully saturated rings. The summed E-state index contributed by atoms with van der Waals surface area (Å²) in [7, 11) is 0. The van der Waals surface area contributed by atoms with E-state index in [4.69, 9.17) is 5.73 Å². The molecule has 2 aromatic carbocycles. The van der Waals surface area contributed by atoms with Crippen molar-refractivity contribution in [1.82, 2.24) is 0 Å². The molecule has 2 N–H and O–H groups in total. The van der Waals surface area contributed by atoms with Crippen molar-refractivity contribution in [2.24, 2.45) is 11.7 Å². The van der Waals surface area contributed by atoms with Gasteiger partial charge in [-0.25, -0.2) is 0 Å². The highest BCUT2D eigenvalue weighted by Gasteiger charge is 2.41. The minimum absolute atomic E-state index is 0.136. The first-order chi connectivity index (χ1) is 11.3. The first kappa shape index (κ1) is 16.3. The first-order valence-electron chi connectivity index (χ1n) is 9.13. The molecule has 0 heterocycles. The largest absolute Gasteiger partial charge is 0.327 e. The van der Waals surface area contributed by atoms with Crippen LogP contribution in [0.25, 0.3) is 0 Å². The second-order valence-electron chi connectivity index (χ2n) is 7.12. The molecule has 3 rings (SSSR count). The Kier molecular flexibility index (Phi) is 5.17. The fourth-order valence-corrected chi connectivity index (χ4v) is 4.34. The number of hydrogen-bond acceptors (Lipinski definition) is 1. The molecule has 0 spiro atoms. The molecule has 0 aliphatic heterocycles. The van der Waals surface area contributed by atoms with Crippen molar-refractivity contribution in [3.8, 4) is 0 Å². The lowest BCUT2D eigenvalue weighted by Gasteiger charge is -2.45. The molecular weight excluding hydrogens is 278 g/mol. The van der Waals surface area contributed by atoms with Crippen LogP contribution in [0.15, 0.2) is 60.7 Å². The third-order valence-corrected chi connectivity index (χ3v) is 5.70. The summed E-state index contributed by atoms with van der Waals surface area (Å²) in [5.41, 5.74) is 9.55. The molecule has 0 radical (unpaired) electrons. The van der Waals surface area contributed by atoms with Gasteiger partial charge in [0.05, 0.1) is 0 Å². The molecule has 122 valence electrons. The molecule has 1 heteroatoms. The number of benzene rings is 2. The highest BCUT2D eigenvalue weighted by molar-refractivity contribution is 5.40. The maximum atomic E-state index is 6.50. The van der Waals surface area contributed by atoms with Crippen LogP contribution in [0.2, 0.25) is 0 Å². The number of unbranched alkanes of at least 4 members (excludes halogenated alkanes) is 1. The second kappa shape index (κ2) is 7.31. The summed E-state index contributed by atoms with van der Waals surface area (Å²) >= 11 is 0. The van der Waals surface area contributed by atoms with Gasteiger partial charge < -0.3 is 5.73 Å². The molecule has 1 nitrogen and oxygen atoms in total. The molecule has 0 bridgehead atoms. The van der Waals surface area contributed by atoms with Crippen LogP contribution >= 0.6 is 0 Å². The van der Waals surface area contributed by atoms with Crippen molar-refractivity contribution in [3.63, 3.8) is 0 Å². The average Bonchev–Trinajstić information content (AvgIpc) is 2.63. The molecule has 0 saturated heterocycles. The van der Waals surface area contributed by atoms with E-state index in [0.717, 1.165) is 12.8 Å². The van der Waals surface area contributed by atoms with E-state index in [2.05, 4.69) is 67.6 Å². The van der Waals surface area contributed by atoms with Crippen molar-refractivity contribution < 1.29 is 0 Å². The van der Waals surface area contributed by atoms with Crippen LogP contribution in [0.3, 0.4) is 0 Å². The van der Waals surface area contributed by atoms with E-state index >= 15 is 0 Å². The van der Waals surface area contributed by atoms with Crippen molar-refractivity contribution in [2.45, 2.75) is 56.9 Å². The van der Waals surface area contributed by atoms with E-state index in [-0.39, 0.29) is 5.41 Å². The molecular formula is C22H29N. The molecule has 0 aromatic heterocycles. The van der Waals surface area contributed by atoms with E-state index in [0.29, 0.717) is 12.0 Å². The van der Waals surface area contributed by atoms with Crippen LogP contribution in [0, 0.1) is 5.92 Å². The van der Waals surface area contributed by atoms with Gasteiger partial charge >= 0.3 is 0 Å². The van der Waals surface area contributed by atoms with Gasteiger partial charge in [0.2, 0.25) is 0 Å². The lowest BCUT2D eigenvalue weighted by Crippen LogP contribution is -2.44. The SMILES string of the molecule is CCCCC1CC(c2ccccc2)(c2ccccc2)CCC1N. The monoisotopic (exact) mass is 307 g/mol. The summed E-state index contributed by atoms with van der Waals surface area (Å²) in [5, 5.41) is 0. The van der Waals surface area contributed by atoms with E-state index in [1.54, 1.807) is 0 Å². The summed E-state index contributed by atoms with van der Waals surface area (Å²) in [5.74, 6) is 0.629. The Bertz CT molecular complexity index is 550. The zero-order valence-electron chi connectivity index (χ0n) is 14.2. The quantitative estimate of drug-likeness (QED) is 0.798. The Hall–Kier alpha value is -1.60. The number of hydrogen-bond donors (Lipinski definition) is 1. The van der Waals surface area contributed by atoms with Gasteiger partial charge in [-0.15, -0.1) is 0 Å². The van der Waals surface area contributed by atoms with E-state index < -0.39 is 0 Å². The first-order valence-corrected chi connectivity index (χ1v) is 9.13. The smallest absolute Gasteiger partial charge is 0.0206 e. The molecule has 2 aromatic rings. The van der Waals surface area contributed by atoms with Gasteiger partial charge in [0.1, 0.15) is 0 Å². The van der Waals surface area contributed by atoms with Crippen molar-refractivity contribution in [2.75, 3.05) is 0 Å². The highest BCUT2D eigenvalue weighted by Crippen LogP contribution is 2.47. The van der Waals surface area contributed by atoms with Gasteiger partial charge in [-0.2, -0.15) is 0 Å². The lowest BCUT2D eigenvalue weighted by atomic mass is 9.60. The van der Waals surface area contributed by atoms with Gasteiger partial charge in [-0.3, -0.25) is 0 Å². The minimum atomic E-state index is 0.136.